The van der Waals surface area contributed by atoms with Crippen LogP contribution in [0.4, 0.5) is 0 Å². The first kappa shape index (κ1) is 13.7. The average molecular weight is 332 g/mol. The van der Waals surface area contributed by atoms with E-state index in [0.717, 1.165) is 23.1 Å². The second-order valence-corrected chi connectivity index (χ2v) is 6.03. The summed E-state index contributed by atoms with van der Waals surface area (Å²) < 4.78 is 7.12. The molecule has 1 aliphatic carbocycles. The summed E-state index contributed by atoms with van der Waals surface area (Å²) in [5.74, 6) is 1.03. The summed E-state index contributed by atoms with van der Waals surface area (Å²) in [5, 5.41) is 3.37. The lowest BCUT2D eigenvalue weighted by molar-refractivity contribution is 0.303. The average Bonchev–Trinajstić information content (AvgIpc) is 2.90. The smallest absolute Gasteiger partial charge is 0.123 e. The Labute approximate surface area is 128 Å². The lowest BCUT2D eigenvalue weighted by Gasteiger charge is -2.13. The SMILES string of the molecule is CNC1CCc2c(OCc3ccc(Br)cc3)cccc21. The van der Waals surface area contributed by atoms with Gasteiger partial charge in [0.1, 0.15) is 12.4 Å². The van der Waals surface area contributed by atoms with Crippen LogP contribution >= 0.6 is 15.9 Å². The molecule has 20 heavy (non-hydrogen) atoms. The topological polar surface area (TPSA) is 21.3 Å². The number of benzene rings is 2. The molecule has 0 saturated carbocycles. The van der Waals surface area contributed by atoms with Gasteiger partial charge in [0, 0.05) is 10.5 Å². The standard InChI is InChI=1S/C17H18BrNO/c1-19-16-10-9-15-14(16)3-2-4-17(15)20-11-12-5-7-13(18)8-6-12/h2-8,16,19H,9-11H2,1H3. The Morgan fingerprint density at radius 3 is 2.75 bits per heavy atom. The lowest BCUT2D eigenvalue weighted by Crippen LogP contribution is -2.12. The molecule has 2 nitrogen and oxygen atoms in total. The minimum Gasteiger partial charge on any atom is -0.489 e. The number of hydrogen-bond donors (Lipinski definition) is 1. The molecule has 1 atom stereocenters. The summed E-state index contributed by atoms with van der Waals surface area (Å²) in [6.45, 7) is 0.619. The van der Waals surface area contributed by atoms with Gasteiger partial charge in [0.25, 0.3) is 0 Å². The molecule has 0 fully saturated rings. The van der Waals surface area contributed by atoms with Crippen LogP contribution in [0, 0.1) is 0 Å². The maximum absolute atomic E-state index is 6.02. The highest BCUT2D eigenvalue weighted by Gasteiger charge is 2.23. The molecule has 0 amide bonds. The number of rotatable bonds is 4. The third-order valence-corrected chi connectivity index (χ3v) is 4.41. The Morgan fingerprint density at radius 1 is 1.20 bits per heavy atom. The van der Waals surface area contributed by atoms with Gasteiger partial charge < -0.3 is 10.1 Å². The van der Waals surface area contributed by atoms with E-state index >= 15 is 0 Å². The summed E-state index contributed by atoms with van der Waals surface area (Å²) in [7, 11) is 2.02. The van der Waals surface area contributed by atoms with Gasteiger partial charge in [-0.15, -0.1) is 0 Å². The van der Waals surface area contributed by atoms with Crippen LogP contribution in [0.1, 0.15) is 29.2 Å². The predicted molar refractivity (Wildman–Crippen MR) is 85.0 cm³/mol. The van der Waals surface area contributed by atoms with Crippen molar-refractivity contribution >= 4 is 15.9 Å². The summed E-state index contributed by atoms with van der Waals surface area (Å²) in [6, 6.07) is 15.1. The van der Waals surface area contributed by atoms with Crippen LogP contribution in [0.2, 0.25) is 0 Å². The fraction of sp³-hybridized carbons (Fsp3) is 0.294. The highest BCUT2D eigenvalue weighted by atomic mass is 79.9. The largest absolute Gasteiger partial charge is 0.489 e. The zero-order chi connectivity index (χ0) is 13.9. The van der Waals surface area contributed by atoms with Crippen molar-refractivity contribution in [1.29, 1.82) is 0 Å². The van der Waals surface area contributed by atoms with Crippen molar-refractivity contribution < 1.29 is 4.74 Å². The zero-order valence-corrected chi connectivity index (χ0v) is 13.1. The summed E-state index contributed by atoms with van der Waals surface area (Å²) in [6.07, 6.45) is 2.25. The first-order chi connectivity index (χ1) is 9.78. The summed E-state index contributed by atoms with van der Waals surface area (Å²) in [5.41, 5.74) is 3.94. The van der Waals surface area contributed by atoms with Gasteiger partial charge in [-0.2, -0.15) is 0 Å². The van der Waals surface area contributed by atoms with Crippen molar-refractivity contribution in [3.05, 3.63) is 63.6 Å². The Morgan fingerprint density at radius 2 is 2.00 bits per heavy atom. The fourth-order valence-corrected chi connectivity index (χ4v) is 3.06. The van der Waals surface area contributed by atoms with Crippen LogP contribution < -0.4 is 10.1 Å². The lowest BCUT2D eigenvalue weighted by atomic mass is 10.1. The predicted octanol–water partition coefficient (Wildman–Crippen LogP) is 4.23. The molecule has 2 aromatic rings. The van der Waals surface area contributed by atoms with E-state index in [-0.39, 0.29) is 0 Å². The minimum atomic E-state index is 0.473. The Hall–Kier alpha value is -1.32. The van der Waals surface area contributed by atoms with Crippen LogP contribution in [-0.2, 0) is 13.0 Å². The highest BCUT2D eigenvalue weighted by molar-refractivity contribution is 9.10. The second-order valence-electron chi connectivity index (χ2n) is 5.12. The first-order valence-corrected chi connectivity index (χ1v) is 7.73. The minimum absolute atomic E-state index is 0.473. The van der Waals surface area contributed by atoms with Crippen LogP contribution in [0.25, 0.3) is 0 Å². The molecule has 0 spiro atoms. The molecule has 0 saturated heterocycles. The van der Waals surface area contributed by atoms with Crippen LogP contribution in [0.5, 0.6) is 5.75 Å². The monoisotopic (exact) mass is 331 g/mol. The molecule has 0 aliphatic heterocycles. The first-order valence-electron chi connectivity index (χ1n) is 6.94. The van der Waals surface area contributed by atoms with Gasteiger partial charge in [-0.05, 0) is 54.8 Å². The van der Waals surface area contributed by atoms with Crippen molar-refractivity contribution in [2.75, 3.05) is 7.05 Å². The van der Waals surface area contributed by atoms with E-state index in [0.29, 0.717) is 12.6 Å². The van der Waals surface area contributed by atoms with Gasteiger partial charge in [-0.3, -0.25) is 0 Å². The Kier molecular flexibility index (Phi) is 4.08. The molecule has 1 unspecified atom stereocenters. The molecule has 0 heterocycles. The van der Waals surface area contributed by atoms with Gasteiger partial charge in [0.15, 0.2) is 0 Å². The molecule has 3 rings (SSSR count). The molecule has 1 aliphatic rings. The van der Waals surface area contributed by atoms with Crippen molar-refractivity contribution in [2.45, 2.75) is 25.5 Å². The van der Waals surface area contributed by atoms with Gasteiger partial charge >= 0.3 is 0 Å². The number of nitrogens with one attached hydrogen (secondary N) is 1. The maximum Gasteiger partial charge on any atom is 0.123 e. The molecule has 0 bridgehead atoms. The highest BCUT2D eigenvalue weighted by Crippen LogP contribution is 2.36. The molecule has 2 aromatic carbocycles. The molecule has 0 radical (unpaired) electrons. The van der Waals surface area contributed by atoms with E-state index in [1.165, 1.54) is 16.7 Å². The fourth-order valence-electron chi connectivity index (χ4n) is 2.80. The Balaban J connectivity index is 1.75. The van der Waals surface area contributed by atoms with Gasteiger partial charge in [-0.1, -0.05) is 40.2 Å². The normalized spacial score (nSPS) is 17.0. The van der Waals surface area contributed by atoms with Crippen LogP contribution in [0.15, 0.2) is 46.9 Å². The molecule has 1 N–H and O–H groups in total. The van der Waals surface area contributed by atoms with Gasteiger partial charge in [0.05, 0.1) is 0 Å². The van der Waals surface area contributed by atoms with E-state index in [9.17, 15) is 0 Å². The van der Waals surface area contributed by atoms with E-state index in [1.807, 2.05) is 19.2 Å². The van der Waals surface area contributed by atoms with E-state index < -0.39 is 0 Å². The van der Waals surface area contributed by atoms with E-state index in [1.54, 1.807) is 0 Å². The van der Waals surface area contributed by atoms with Gasteiger partial charge in [0.2, 0.25) is 0 Å². The van der Waals surface area contributed by atoms with Gasteiger partial charge in [-0.25, -0.2) is 0 Å². The maximum atomic E-state index is 6.02. The summed E-state index contributed by atoms with van der Waals surface area (Å²) >= 11 is 3.45. The molecule has 3 heteroatoms. The van der Waals surface area contributed by atoms with Crippen LogP contribution in [-0.4, -0.2) is 7.05 Å². The number of ether oxygens (including phenoxy) is 1. The van der Waals surface area contributed by atoms with Crippen LogP contribution in [0.3, 0.4) is 0 Å². The molecular formula is C17H18BrNO. The number of halogens is 1. The zero-order valence-electron chi connectivity index (χ0n) is 11.5. The van der Waals surface area contributed by atoms with E-state index in [4.69, 9.17) is 4.74 Å². The number of hydrogen-bond acceptors (Lipinski definition) is 2. The quantitative estimate of drug-likeness (QED) is 0.904. The van der Waals surface area contributed by atoms with Crippen molar-refractivity contribution in [1.82, 2.24) is 5.32 Å². The third kappa shape index (κ3) is 2.74. The Bertz CT molecular complexity index is 594. The molecule has 104 valence electrons. The van der Waals surface area contributed by atoms with Crippen molar-refractivity contribution in [3.8, 4) is 5.75 Å². The second kappa shape index (κ2) is 5.98. The van der Waals surface area contributed by atoms with E-state index in [2.05, 4.69) is 51.6 Å². The summed E-state index contributed by atoms with van der Waals surface area (Å²) in [4.78, 5) is 0. The molecular weight excluding hydrogens is 314 g/mol. The third-order valence-electron chi connectivity index (χ3n) is 3.88. The number of fused-ring (bicyclic) bond motifs is 1. The van der Waals surface area contributed by atoms with Crippen molar-refractivity contribution in [2.24, 2.45) is 0 Å². The van der Waals surface area contributed by atoms with Crippen molar-refractivity contribution in [3.63, 3.8) is 0 Å². The molecule has 0 aromatic heterocycles.